The van der Waals surface area contributed by atoms with Gasteiger partial charge >= 0.3 is 0 Å². The molecule has 1 N–H and O–H groups in total. The molecule has 0 saturated carbocycles. The molecule has 0 amide bonds. The topological polar surface area (TPSA) is 64.6 Å². The lowest BCUT2D eigenvalue weighted by Gasteiger charge is -2.22. The van der Waals surface area contributed by atoms with Gasteiger partial charge in [0.25, 0.3) is 0 Å². The molecule has 6 heteroatoms. The third kappa shape index (κ3) is 6.98. The Hall–Kier alpha value is -0.170. The first-order valence-electron chi connectivity index (χ1n) is 6.14. The number of ether oxygens (including phenoxy) is 2. The summed E-state index contributed by atoms with van der Waals surface area (Å²) in [5.41, 5.74) is 0. The maximum absolute atomic E-state index is 11.4. The highest BCUT2D eigenvalue weighted by Crippen LogP contribution is 2.11. The Morgan fingerprint density at radius 2 is 2.12 bits per heavy atom. The van der Waals surface area contributed by atoms with Crippen molar-refractivity contribution >= 4 is 9.84 Å². The van der Waals surface area contributed by atoms with E-state index in [0.29, 0.717) is 32.1 Å². The summed E-state index contributed by atoms with van der Waals surface area (Å²) in [6.07, 6.45) is 2.62. The maximum Gasteiger partial charge on any atom is 0.151 e. The molecular formula is C11H23NO4S. The van der Waals surface area contributed by atoms with Crippen molar-refractivity contribution in [3.05, 3.63) is 0 Å². The van der Waals surface area contributed by atoms with E-state index < -0.39 is 9.84 Å². The van der Waals surface area contributed by atoms with Crippen LogP contribution in [0, 0.1) is 0 Å². The summed E-state index contributed by atoms with van der Waals surface area (Å²) < 4.78 is 33.1. The largest absolute Gasteiger partial charge is 0.385 e. The van der Waals surface area contributed by atoms with E-state index >= 15 is 0 Å². The molecule has 102 valence electrons. The summed E-state index contributed by atoms with van der Waals surface area (Å²) in [6, 6.07) is 0.108. The van der Waals surface area contributed by atoms with Crippen LogP contribution in [0.2, 0.25) is 0 Å². The minimum absolute atomic E-state index is 0.108. The van der Waals surface area contributed by atoms with Crippen LogP contribution in [0.1, 0.15) is 19.3 Å². The lowest BCUT2D eigenvalue weighted by Crippen LogP contribution is -2.41. The molecule has 17 heavy (non-hydrogen) atoms. The van der Waals surface area contributed by atoms with Crippen molar-refractivity contribution in [3.8, 4) is 0 Å². The average molecular weight is 265 g/mol. The van der Waals surface area contributed by atoms with Crippen molar-refractivity contribution in [1.29, 1.82) is 0 Å². The van der Waals surface area contributed by atoms with Crippen LogP contribution in [-0.4, -0.2) is 59.4 Å². The van der Waals surface area contributed by atoms with Crippen molar-refractivity contribution in [3.63, 3.8) is 0 Å². The van der Waals surface area contributed by atoms with E-state index in [4.69, 9.17) is 9.47 Å². The highest BCUT2D eigenvalue weighted by atomic mass is 32.2. The summed E-state index contributed by atoms with van der Waals surface area (Å²) in [6.45, 7) is 2.75. The van der Waals surface area contributed by atoms with Crippen molar-refractivity contribution < 1.29 is 17.9 Å². The van der Waals surface area contributed by atoms with E-state index in [9.17, 15) is 8.42 Å². The van der Waals surface area contributed by atoms with E-state index in [1.807, 2.05) is 0 Å². The van der Waals surface area contributed by atoms with Gasteiger partial charge in [-0.2, -0.15) is 0 Å². The Morgan fingerprint density at radius 1 is 1.29 bits per heavy atom. The molecule has 1 unspecified atom stereocenters. The van der Waals surface area contributed by atoms with E-state index in [1.165, 1.54) is 0 Å². The van der Waals surface area contributed by atoms with Gasteiger partial charge in [-0.15, -0.1) is 0 Å². The molecule has 1 heterocycles. The molecule has 1 aliphatic heterocycles. The number of hydrogen-bond donors (Lipinski definition) is 1. The fourth-order valence-electron chi connectivity index (χ4n) is 1.93. The van der Waals surface area contributed by atoms with Crippen LogP contribution in [0.5, 0.6) is 0 Å². The summed E-state index contributed by atoms with van der Waals surface area (Å²) in [5.74, 6) is 0.620. The molecule has 1 fully saturated rings. The predicted octanol–water partition coefficient (Wildman–Crippen LogP) is 0.206. The number of hydrogen-bond acceptors (Lipinski definition) is 5. The molecule has 5 nitrogen and oxygen atoms in total. The Labute approximate surface area is 104 Å². The first-order valence-corrected chi connectivity index (χ1v) is 7.97. The molecule has 0 aromatic rings. The van der Waals surface area contributed by atoms with Crippen LogP contribution in [0.15, 0.2) is 0 Å². The monoisotopic (exact) mass is 265 g/mol. The van der Waals surface area contributed by atoms with Crippen molar-refractivity contribution in [1.82, 2.24) is 5.32 Å². The molecule has 0 aliphatic carbocycles. The fraction of sp³-hybridized carbons (Fsp3) is 1.00. The minimum atomic E-state index is -2.81. The van der Waals surface area contributed by atoms with Crippen molar-refractivity contribution in [2.45, 2.75) is 25.3 Å². The average Bonchev–Trinajstić information content (AvgIpc) is 2.27. The van der Waals surface area contributed by atoms with Gasteiger partial charge < -0.3 is 14.8 Å². The number of sulfone groups is 1. The molecular weight excluding hydrogens is 242 g/mol. The fourth-order valence-corrected chi connectivity index (χ4v) is 3.60. The molecule has 0 aromatic carbocycles. The molecule has 0 bridgehead atoms. The molecule has 0 spiro atoms. The quantitative estimate of drug-likeness (QED) is 0.635. The second-order valence-corrected chi connectivity index (χ2v) is 6.60. The third-order valence-electron chi connectivity index (χ3n) is 2.78. The Kier molecular flexibility index (Phi) is 7.03. The Bertz CT molecular complexity index is 292. The zero-order valence-electron chi connectivity index (χ0n) is 10.5. The van der Waals surface area contributed by atoms with Crippen LogP contribution in [0.25, 0.3) is 0 Å². The first kappa shape index (κ1) is 14.9. The van der Waals surface area contributed by atoms with E-state index in [2.05, 4.69) is 5.32 Å². The SMILES string of the molecule is COCCCOCCNC1CCCS(=O)(=O)C1. The summed E-state index contributed by atoms with van der Waals surface area (Å²) >= 11 is 0. The molecule has 1 aliphatic rings. The zero-order valence-corrected chi connectivity index (χ0v) is 11.3. The standard InChI is InChI=1S/C11H23NO4S/c1-15-6-3-7-16-8-5-12-11-4-2-9-17(13,14)10-11/h11-12H,2-10H2,1H3. The lowest BCUT2D eigenvalue weighted by atomic mass is 10.2. The molecule has 0 radical (unpaired) electrons. The first-order chi connectivity index (χ1) is 8.14. The van der Waals surface area contributed by atoms with E-state index in [0.717, 1.165) is 19.3 Å². The smallest absolute Gasteiger partial charge is 0.151 e. The Balaban J connectivity index is 1.99. The van der Waals surface area contributed by atoms with Crippen LogP contribution in [0.3, 0.4) is 0 Å². The second kappa shape index (κ2) is 8.02. The van der Waals surface area contributed by atoms with Crippen LogP contribution in [0.4, 0.5) is 0 Å². The van der Waals surface area contributed by atoms with Gasteiger partial charge in [-0.25, -0.2) is 8.42 Å². The lowest BCUT2D eigenvalue weighted by molar-refractivity contribution is 0.103. The molecule has 1 saturated heterocycles. The molecule has 1 atom stereocenters. The van der Waals surface area contributed by atoms with Gasteiger partial charge in [0.15, 0.2) is 9.84 Å². The van der Waals surface area contributed by atoms with Gasteiger partial charge in [-0.3, -0.25) is 0 Å². The normalized spacial score (nSPS) is 23.7. The van der Waals surface area contributed by atoms with Crippen molar-refractivity contribution in [2.75, 3.05) is 45.0 Å². The second-order valence-electron chi connectivity index (χ2n) is 4.37. The van der Waals surface area contributed by atoms with Gasteiger partial charge in [0, 0.05) is 32.9 Å². The van der Waals surface area contributed by atoms with Gasteiger partial charge in [0.2, 0.25) is 0 Å². The Morgan fingerprint density at radius 3 is 2.82 bits per heavy atom. The van der Waals surface area contributed by atoms with Crippen molar-refractivity contribution in [2.24, 2.45) is 0 Å². The van der Waals surface area contributed by atoms with Crippen LogP contribution in [-0.2, 0) is 19.3 Å². The predicted molar refractivity (Wildman–Crippen MR) is 67.0 cm³/mol. The highest BCUT2D eigenvalue weighted by molar-refractivity contribution is 7.91. The van der Waals surface area contributed by atoms with Gasteiger partial charge in [-0.1, -0.05) is 0 Å². The van der Waals surface area contributed by atoms with E-state index in [1.54, 1.807) is 7.11 Å². The number of methoxy groups -OCH3 is 1. The van der Waals surface area contributed by atoms with Gasteiger partial charge in [0.1, 0.15) is 0 Å². The van der Waals surface area contributed by atoms with E-state index in [-0.39, 0.29) is 11.8 Å². The summed E-state index contributed by atoms with van der Waals surface area (Å²) in [5, 5.41) is 3.23. The van der Waals surface area contributed by atoms with Crippen LogP contribution < -0.4 is 5.32 Å². The van der Waals surface area contributed by atoms with Gasteiger partial charge in [0.05, 0.1) is 18.1 Å². The zero-order chi connectivity index (χ0) is 12.6. The number of nitrogens with one attached hydrogen (secondary N) is 1. The molecule has 1 rings (SSSR count). The maximum atomic E-state index is 11.4. The molecule has 0 aromatic heterocycles. The third-order valence-corrected chi connectivity index (χ3v) is 4.60. The summed E-state index contributed by atoms with van der Waals surface area (Å²) in [4.78, 5) is 0. The summed E-state index contributed by atoms with van der Waals surface area (Å²) in [7, 11) is -1.13. The van der Waals surface area contributed by atoms with Gasteiger partial charge in [-0.05, 0) is 19.3 Å². The van der Waals surface area contributed by atoms with Crippen LogP contribution >= 0.6 is 0 Å². The number of rotatable bonds is 8. The highest BCUT2D eigenvalue weighted by Gasteiger charge is 2.23. The minimum Gasteiger partial charge on any atom is -0.385 e.